The predicted molar refractivity (Wildman–Crippen MR) is 199 cm³/mol. The van der Waals surface area contributed by atoms with Gasteiger partial charge in [0.1, 0.15) is 29.1 Å². The van der Waals surface area contributed by atoms with Crippen LogP contribution in [0, 0.1) is 40.1 Å². The SMILES string of the molecule is CC(c1ccc(C(F)(F)F)cc1)n1cc(C#N)c(=O)c2cc(F)c(F)cc21.CC(c1ccc(C(F)(F)F)cc1)n1cc(C#N)c(=O)c2cc(F)c(N3CCOCC3)cc21. The van der Waals surface area contributed by atoms with Gasteiger partial charge >= 0.3 is 12.4 Å². The highest BCUT2D eigenvalue weighted by Gasteiger charge is 2.31. The van der Waals surface area contributed by atoms with Crippen molar-refractivity contribution in [2.45, 2.75) is 38.3 Å². The van der Waals surface area contributed by atoms with Crippen molar-refractivity contribution in [1.82, 2.24) is 9.13 Å². The lowest BCUT2D eigenvalue weighted by Crippen LogP contribution is -2.36. The van der Waals surface area contributed by atoms with E-state index in [1.54, 1.807) is 30.6 Å². The fraction of sp³-hybridized carbons (Fsp3) is 0.238. The topological polar surface area (TPSA) is 104 Å². The molecule has 0 saturated carbocycles. The molecule has 1 saturated heterocycles. The number of hydrogen-bond acceptors (Lipinski definition) is 6. The van der Waals surface area contributed by atoms with Crippen LogP contribution in [0.3, 0.4) is 0 Å². The molecule has 0 N–H and O–H groups in total. The highest BCUT2D eigenvalue weighted by Crippen LogP contribution is 2.34. The van der Waals surface area contributed by atoms with Crippen LogP contribution in [0.25, 0.3) is 21.8 Å². The Labute approximate surface area is 329 Å². The van der Waals surface area contributed by atoms with Gasteiger partial charge in [-0.2, -0.15) is 36.9 Å². The minimum atomic E-state index is -4.49. The first kappa shape index (κ1) is 42.0. The van der Waals surface area contributed by atoms with Crippen LogP contribution in [-0.4, -0.2) is 35.4 Å². The minimum absolute atomic E-state index is 0.0327. The molecule has 2 atom stereocenters. The molecule has 8 nitrogen and oxygen atoms in total. The Morgan fingerprint density at radius 2 is 1.00 bits per heavy atom. The fourth-order valence-electron chi connectivity index (χ4n) is 6.77. The smallest absolute Gasteiger partial charge is 0.378 e. The number of morpholine rings is 1. The molecule has 59 heavy (non-hydrogen) atoms. The van der Waals surface area contributed by atoms with Gasteiger partial charge in [-0.1, -0.05) is 24.3 Å². The molecule has 4 aromatic carbocycles. The number of halogens is 9. The van der Waals surface area contributed by atoms with E-state index in [9.17, 15) is 54.4 Å². The molecule has 17 heteroatoms. The van der Waals surface area contributed by atoms with Gasteiger partial charge in [-0.15, -0.1) is 0 Å². The summed E-state index contributed by atoms with van der Waals surface area (Å²) in [6, 6.07) is 15.6. The van der Waals surface area contributed by atoms with E-state index >= 15 is 0 Å². The van der Waals surface area contributed by atoms with E-state index in [1.807, 2.05) is 11.0 Å². The number of hydrogen-bond donors (Lipinski definition) is 0. The van der Waals surface area contributed by atoms with Crippen molar-refractivity contribution in [1.29, 1.82) is 10.5 Å². The van der Waals surface area contributed by atoms with Crippen LogP contribution in [0.2, 0.25) is 0 Å². The second-order valence-electron chi connectivity index (χ2n) is 13.6. The van der Waals surface area contributed by atoms with E-state index in [1.165, 1.54) is 41.2 Å². The third kappa shape index (κ3) is 8.51. The monoisotopic (exact) mass is 823 g/mol. The van der Waals surface area contributed by atoms with E-state index in [4.69, 9.17) is 10.00 Å². The number of nitriles is 2. The molecular weight excluding hydrogens is 793 g/mol. The van der Waals surface area contributed by atoms with Crippen molar-refractivity contribution in [2.75, 3.05) is 31.2 Å². The standard InChI is InChI=1S/C23H19F4N3O2.C19H11F5N2O/c1-14(15-2-4-17(5-3-15)23(25,26)27)30-13-16(12-28)22(31)18-10-19(24)21(11-20(18)30)29-6-8-32-9-7-29;1-10(11-2-4-13(5-3-11)19(22,23)24)26-9-12(8-25)18(27)14-6-15(20)16(21)7-17(14)26/h2-5,10-11,13-14H,6-9H2,1H3;2-7,9-10H,1H3. The van der Waals surface area contributed by atoms with E-state index in [2.05, 4.69) is 0 Å². The number of ether oxygens (including phenoxy) is 1. The zero-order valence-corrected chi connectivity index (χ0v) is 30.9. The Kier molecular flexibility index (Phi) is 11.6. The number of rotatable bonds is 5. The van der Waals surface area contributed by atoms with Crippen molar-refractivity contribution in [3.05, 3.63) is 156 Å². The van der Waals surface area contributed by atoms with Gasteiger partial charge in [0.15, 0.2) is 11.6 Å². The molecule has 6 aromatic rings. The van der Waals surface area contributed by atoms with Crippen LogP contribution in [0.1, 0.15) is 59.3 Å². The highest BCUT2D eigenvalue weighted by molar-refractivity contribution is 5.85. The second-order valence-corrected chi connectivity index (χ2v) is 13.6. The van der Waals surface area contributed by atoms with Crippen molar-refractivity contribution >= 4 is 27.5 Å². The lowest BCUT2D eigenvalue weighted by molar-refractivity contribution is -0.138. The summed E-state index contributed by atoms with van der Waals surface area (Å²) in [5, 5.41) is 18.4. The Balaban J connectivity index is 0.000000201. The second kappa shape index (κ2) is 16.3. The van der Waals surface area contributed by atoms with Gasteiger partial charge in [0.25, 0.3) is 0 Å². The zero-order valence-electron chi connectivity index (χ0n) is 30.9. The molecular formula is C42H30F9N5O3. The number of benzene rings is 4. The molecule has 0 radical (unpaired) electrons. The first-order valence-corrected chi connectivity index (χ1v) is 17.7. The molecule has 1 fully saturated rings. The largest absolute Gasteiger partial charge is 0.416 e. The van der Waals surface area contributed by atoms with Gasteiger partial charge < -0.3 is 18.8 Å². The van der Waals surface area contributed by atoms with E-state index < -0.39 is 63.9 Å². The van der Waals surface area contributed by atoms with E-state index in [0.717, 1.165) is 36.4 Å². The molecule has 7 rings (SSSR count). The summed E-state index contributed by atoms with van der Waals surface area (Å²) in [5.41, 5.74) is -1.68. The summed E-state index contributed by atoms with van der Waals surface area (Å²) in [5.74, 6) is -3.00. The van der Waals surface area contributed by atoms with Crippen molar-refractivity contribution in [3.63, 3.8) is 0 Å². The number of aromatic nitrogens is 2. The van der Waals surface area contributed by atoms with Crippen LogP contribution in [0.15, 0.2) is 94.8 Å². The molecule has 1 aliphatic rings. The molecule has 1 aliphatic heterocycles. The first-order valence-electron chi connectivity index (χ1n) is 17.7. The van der Waals surface area contributed by atoms with E-state index in [0.29, 0.717) is 54.7 Å². The number of pyridine rings is 2. The normalized spacial score (nSPS) is 14.3. The van der Waals surface area contributed by atoms with Crippen LogP contribution in [0.4, 0.5) is 45.2 Å². The molecule has 304 valence electrons. The lowest BCUT2D eigenvalue weighted by Gasteiger charge is -2.30. The predicted octanol–water partition coefficient (Wildman–Crippen LogP) is 9.26. The summed E-state index contributed by atoms with van der Waals surface area (Å²) in [4.78, 5) is 26.8. The summed E-state index contributed by atoms with van der Waals surface area (Å²) < 4.78 is 127. The molecule has 2 aromatic heterocycles. The van der Waals surface area contributed by atoms with Gasteiger partial charge in [-0.3, -0.25) is 9.59 Å². The molecule has 0 spiro atoms. The summed E-state index contributed by atoms with van der Waals surface area (Å²) in [6.07, 6.45) is -6.39. The molecule has 3 heterocycles. The van der Waals surface area contributed by atoms with Crippen LogP contribution < -0.4 is 15.8 Å². The zero-order chi connectivity index (χ0) is 43.0. The Morgan fingerprint density at radius 1 is 0.610 bits per heavy atom. The minimum Gasteiger partial charge on any atom is -0.378 e. The Hall–Kier alpha value is -6.59. The molecule has 0 aliphatic carbocycles. The van der Waals surface area contributed by atoms with Gasteiger partial charge in [0.2, 0.25) is 10.9 Å². The van der Waals surface area contributed by atoms with Crippen LogP contribution in [0.5, 0.6) is 0 Å². The first-order chi connectivity index (χ1) is 27.8. The summed E-state index contributed by atoms with van der Waals surface area (Å²) in [6.45, 7) is 5.20. The highest BCUT2D eigenvalue weighted by atomic mass is 19.4. The Morgan fingerprint density at radius 3 is 1.41 bits per heavy atom. The maximum Gasteiger partial charge on any atom is 0.416 e. The number of anilines is 1. The third-order valence-corrected chi connectivity index (χ3v) is 10.0. The van der Waals surface area contributed by atoms with Gasteiger partial charge in [-0.25, -0.2) is 13.2 Å². The van der Waals surface area contributed by atoms with Crippen molar-refractivity contribution < 1.29 is 44.3 Å². The van der Waals surface area contributed by atoms with Crippen molar-refractivity contribution in [3.8, 4) is 12.1 Å². The maximum atomic E-state index is 14.9. The van der Waals surface area contributed by atoms with Crippen LogP contribution >= 0.6 is 0 Å². The number of nitrogens with zero attached hydrogens (tertiary/aromatic N) is 5. The maximum absolute atomic E-state index is 14.9. The number of alkyl halides is 6. The third-order valence-electron chi connectivity index (χ3n) is 10.0. The number of fused-ring (bicyclic) bond motifs is 2. The molecule has 0 amide bonds. The average Bonchev–Trinajstić information content (AvgIpc) is 3.21. The van der Waals surface area contributed by atoms with Gasteiger partial charge in [0, 0.05) is 31.5 Å². The van der Waals surface area contributed by atoms with E-state index in [-0.39, 0.29) is 27.4 Å². The average molecular weight is 824 g/mol. The summed E-state index contributed by atoms with van der Waals surface area (Å²) >= 11 is 0. The molecule has 0 bridgehead atoms. The van der Waals surface area contributed by atoms with Crippen LogP contribution in [-0.2, 0) is 17.1 Å². The fourth-order valence-corrected chi connectivity index (χ4v) is 6.77. The quantitative estimate of drug-likeness (QED) is 0.161. The van der Waals surface area contributed by atoms with Gasteiger partial charge in [-0.05, 0) is 67.4 Å². The molecule has 2 unspecified atom stereocenters. The lowest BCUT2D eigenvalue weighted by atomic mass is 10.0. The van der Waals surface area contributed by atoms with Crippen molar-refractivity contribution in [2.24, 2.45) is 0 Å². The summed E-state index contributed by atoms with van der Waals surface area (Å²) in [7, 11) is 0. The van der Waals surface area contributed by atoms with Gasteiger partial charge in [0.05, 0.1) is 63.9 Å². The Bertz CT molecular complexity index is 2760.